The number of aryl methyl sites for hydroxylation is 1. The van der Waals surface area contributed by atoms with Crippen LogP contribution in [0.15, 0.2) is 29.0 Å². The maximum atomic E-state index is 6.15. The first-order valence-electron chi connectivity index (χ1n) is 5.18. The Labute approximate surface area is 107 Å². The molecule has 0 aliphatic heterocycles. The van der Waals surface area contributed by atoms with Crippen LogP contribution < -0.4 is 5.32 Å². The number of H-pyrrole nitrogens is 1. The van der Waals surface area contributed by atoms with Gasteiger partial charge in [-0.3, -0.25) is 0 Å². The summed E-state index contributed by atoms with van der Waals surface area (Å²) < 4.78 is 0. The number of rotatable bonds is 2. The SMILES string of the molecule is Cc1cccc(Cl)c1Nc1nc2cscc2[nH]1. The largest absolute Gasteiger partial charge is 0.324 e. The van der Waals surface area contributed by atoms with E-state index in [2.05, 4.69) is 15.3 Å². The zero-order valence-corrected chi connectivity index (χ0v) is 10.7. The summed E-state index contributed by atoms with van der Waals surface area (Å²) in [5, 5.41) is 7.97. The minimum atomic E-state index is 0.698. The number of hydrogen-bond donors (Lipinski definition) is 2. The second kappa shape index (κ2) is 4.05. The molecule has 0 atom stereocenters. The summed E-state index contributed by atoms with van der Waals surface area (Å²) in [6.45, 7) is 2.01. The molecule has 0 fully saturated rings. The Bertz CT molecular complexity index is 623. The van der Waals surface area contributed by atoms with E-state index in [1.807, 2.05) is 35.9 Å². The van der Waals surface area contributed by atoms with E-state index >= 15 is 0 Å². The molecule has 5 heteroatoms. The van der Waals surface area contributed by atoms with Crippen LogP contribution in [0.25, 0.3) is 11.0 Å². The highest BCUT2D eigenvalue weighted by Gasteiger charge is 2.07. The summed E-state index contributed by atoms with van der Waals surface area (Å²) in [6, 6.07) is 5.81. The minimum absolute atomic E-state index is 0.698. The molecule has 0 spiro atoms. The van der Waals surface area contributed by atoms with Gasteiger partial charge in [0, 0.05) is 10.8 Å². The second-order valence-corrected chi connectivity index (χ2v) is 4.96. The lowest BCUT2D eigenvalue weighted by Gasteiger charge is -2.08. The first-order chi connectivity index (χ1) is 8.24. The molecule has 3 aromatic rings. The van der Waals surface area contributed by atoms with Crippen LogP contribution in [0.1, 0.15) is 5.56 Å². The van der Waals surface area contributed by atoms with Gasteiger partial charge in [0.05, 0.1) is 16.2 Å². The molecule has 0 saturated carbocycles. The maximum absolute atomic E-state index is 6.15. The molecule has 3 rings (SSSR count). The van der Waals surface area contributed by atoms with Crippen LogP contribution in [0.5, 0.6) is 0 Å². The van der Waals surface area contributed by atoms with E-state index in [4.69, 9.17) is 11.6 Å². The fourth-order valence-electron chi connectivity index (χ4n) is 1.71. The van der Waals surface area contributed by atoms with Gasteiger partial charge in [0.25, 0.3) is 0 Å². The van der Waals surface area contributed by atoms with Crippen molar-refractivity contribution in [1.29, 1.82) is 0 Å². The van der Waals surface area contributed by atoms with Crippen LogP contribution in [0.4, 0.5) is 11.6 Å². The highest BCUT2D eigenvalue weighted by atomic mass is 35.5. The summed E-state index contributed by atoms with van der Waals surface area (Å²) >= 11 is 7.78. The monoisotopic (exact) mass is 263 g/mol. The number of thiophene rings is 1. The average Bonchev–Trinajstić information content (AvgIpc) is 2.83. The molecule has 0 aliphatic rings. The Balaban J connectivity index is 1.99. The van der Waals surface area contributed by atoms with E-state index in [-0.39, 0.29) is 0 Å². The van der Waals surface area contributed by atoms with Crippen LogP contribution in [-0.4, -0.2) is 9.97 Å². The molecule has 0 aliphatic carbocycles. The van der Waals surface area contributed by atoms with Crippen LogP contribution in [0.3, 0.4) is 0 Å². The van der Waals surface area contributed by atoms with Gasteiger partial charge in [-0.15, -0.1) is 11.3 Å². The summed E-state index contributed by atoms with van der Waals surface area (Å²) in [5.41, 5.74) is 4.01. The molecule has 0 saturated heterocycles. The molecule has 0 radical (unpaired) electrons. The molecule has 17 heavy (non-hydrogen) atoms. The van der Waals surface area contributed by atoms with E-state index in [0.29, 0.717) is 5.02 Å². The number of aromatic amines is 1. The van der Waals surface area contributed by atoms with Gasteiger partial charge in [0.15, 0.2) is 0 Å². The Morgan fingerprint density at radius 3 is 3.00 bits per heavy atom. The van der Waals surface area contributed by atoms with Crippen LogP contribution in [-0.2, 0) is 0 Å². The number of para-hydroxylation sites is 1. The molecule has 0 amide bonds. The summed E-state index contributed by atoms with van der Waals surface area (Å²) in [5.74, 6) is 0.721. The van der Waals surface area contributed by atoms with Gasteiger partial charge >= 0.3 is 0 Å². The molecule has 2 aromatic heterocycles. The molecule has 0 bridgehead atoms. The third-order valence-corrected chi connectivity index (χ3v) is 3.64. The molecule has 2 N–H and O–H groups in total. The van der Waals surface area contributed by atoms with E-state index in [1.165, 1.54) is 0 Å². The van der Waals surface area contributed by atoms with Crippen molar-refractivity contribution in [3.8, 4) is 0 Å². The summed E-state index contributed by atoms with van der Waals surface area (Å²) in [7, 11) is 0. The van der Waals surface area contributed by atoms with Crippen molar-refractivity contribution in [3.05, 3.63) is 39.5 Å². The molecule has 3 nitrogen and oxygen atoms in total. The fourth-order valence-corrected chi connectivity index (χ4v) is 2.68. The standard InChI is InChI=1S/C12H10ClN3S/c1-7-3-2-4-8(13)11(7)16-12-14-9-5-17-6-10(9)15-12/h2-6H,1H3,(H2,14,15,16). The van der Waals surface area contributed by atoms with Crippen molar-refractivity contribution >= 4 is 45.6 Å². The molecular formula is C12H10ClN3S. The van der Waals surface area contributed by atoms with Gasteiger partial charge in [0.2, 0.25) is 5.95 Å². The van der Waals surface area contributed by atoms with Gasteiger partial charge in [-0.2, -0.15) is 0 Å². The van der Waals surface area contributed by atoms with Crippen molar-refractivity contribution in [2.24, 2.45) is 0 Å². The summed E-state index contributed by atoms with van der Waals surface area (Å²) in [4.78, 5) is 7.64. The van der Waals surface area contributed by atoms with Gasteiger partial charge in [-0.25, -0.2) is 4.98 Å². The third kappa shape index (κ3) is 1.90. The number of halogens is 1. The lowest BCUT2D eigenvalue weighted by Crippen LogP contribution is -1.95. The Morgan fingerprint density at radius 2 is 2.24 bits per heavy atom. The van der Waals surface area contributed by atoms with E-state index < -0.39 is 0 Å². The number of benzene rings is 1. The highest BCUT2D eigenvalue weighted by molar-refractivity contribution is 7.09. The molecule has 2 heterocycles. The number of hydrogen-bond acceptors (Lipinski definition) is 3. The van der Waals surface area contributed by atoms with Gasteiger partial charge in [0.1, 0.15) is 5.52 Å². The predicted octanol–water partition coefficient (Wildman–Crippen LogP) is 4.33. The highest BCUT2D eigenvalue weighted by Crippen LogP contribution is 2.28. The number of fused-ring (bicyclic) bond motifs is 1. The van der Waals surface area contributed by atoms with Crippen molar-refractivity contribution < 1.29 is 0 Å². The normalized spacial score (nSPS) is 10.9. The number of imidazole rings is 1. The van der Waals surface area contributed by atoms with Crippen LogP contribution >= 0.6 is 22.9 Å². The van der Waals surface area contributed by atoms with E-state index in [1.54, 1.807) is 11.3 Å². The number of nitrogens with zero attached hydrogens (tertiary/aromatic N) is 1. The molecule has 1 aromatic carbocycles. The smallest absolute Gasteiger partial charge is 0.205 e. The van der Waals surface area contributed by atoms with Crippen LogP contribution in [0, 0.1) is 6.92 Å². The second-order valence-electron chi connectivity index (χ2n) is 3.81. The topological polar surface area (TPSA) is 40.7 Å². The number of aromatic nitrogens is 2. The van der Waals surface area contributed by atoms with Gasteiger partial charge in [-0.1, -0.05) is 23.7 Å². The van der Waals surface area contributed by atoms with Crippen molar-refractivity contribution in [3.63, 3.8) is 0 Å². The zero-order valence-electron chi connectivity index (χ0n) is 9.12. The first-order valence-corrected chi connectivity index (χ1v) is 6.50. The van der Waals surface area contributed by atoms with Crippen molar-refractivity contribution in [2.45, 2.75) is 6.92 Å². The van der Waals surface area contributed by atoms with E-state index in [0.717, 1.165) is 28.2 Å². The van der Waals surface area contributed by atoms with Gasteiger partial charge in [-0.05, 0) is 18.6 Å². The first kappa shape index (κ1) is 10.6. The van der Waals surface area contributed by atoms with Gasteiger partial charge < -0.3 is 10.3 Å². The quantitative estimate of drug-likeness (QED) is 0.722. The fraction of sp³-hybridized carbons (Fsp3) is 0.0833. The Kier molecular flexibility index (Phi) is 2.53. The molecule has 86 valence electrons. The minimum Gasteiger partial charge on any atom is -0.324 e. The lowest BCUT2D eigenvalue weighted by molar-refractivity contribution is 1.29. The maximum Gasteiger partial charge on any atom is 0.205 e. The average molecular weight is 264 g/mol. The predicted molar refractivity (Wildman–Crippen MR) is 73.4 cm³/mol. The Morgan fingerprint density at radius 1 is 1.35 bits per heavy atom. The van der Waals surface area contributed by atoms with Crippen molar-refractivity contribution in [2.75, 3.05) is 5.32 Å². The number of anilines is 2. The third-order valence-electron chi connectivity index (χ3n) is 2.59. The van der Waals surface area contributed by atoms with Crippen LogP contribution in [0.2, 0.25) is 5.02 Å². The molecular weight excluding hydrogens is 254 g/mol. The van der Waals surface area contributed by atoms with Crippen molar-refractivity contribution in [1.82, 2.24) is 9.97 Å². The lowest BCUT2D eigenvalue weighted by atomic mass is 10.2. The zero-order chi connectivity index (χ0) is 11.8. The van der Waals surface area contributed by atoms with E-state index in [9.17, 15) is 0 Å². The summed E-state index contributed by atoms with van der Waals surface area (Å²) in [6.07, 6.45) is 0. The Hall–Kier alpha value is -1.52. The molecule has 0 unspecified atom stereocenters. The number of nitrogens with one attached hydrogen (secondary N) is 2.